The first-order valence-electron chi connectivity index (χ1n) is 8.19. The van der Waals surface area contributed by atoms with E-state index < -0.39 is 0 Å². The zero-order valence-electron chi connectivity index (χ0n) is 13.3. The van der Waals surface area contributed by atoms with Crippen LogP contribution in [0.5, 0.6) is 0 Å². The number of hydrogen-bond acceptors (Lipinski definition) is 2. The van der Waals surface area contributed by atoms with Crippen LogP contribution in [0.15, 0.2) is 24.3 Å². The highest BCUT2D eigenvalue weighted by atomic mass is 15.1. The van der Waals surface area contributed by atoms with Gasteiger partial charge in [0.25, 0.3) is 0 Å². The van der Waals surface area contributed by atoms with E-state index in [0.717, 1.165) is 24.7 Å². The minimum absolute atomic E-state index is 0.294. The summed E-state index contributed by atoms with van der Waals surface area (Å²) in [5, 5.41) is 0. The quantitative estimate of drug-likeness (QED) is 0.884. The summed E-state index contributed by atoms with van der Waals surface area (Å²) in [6.45, 7) is 9.27. The third-order valence-electron chi connectivity index (χ3n) is 4.81. The van der Waals surface area contributed by atoms with E-state index in [1.54, 1.807) is 0 Å². The van der Waals surface area contributed by atoms with Gasteiger partial charge in [-0.05, 0) is 55.2 Å². The molecule has 1 atom stereocenters. The largest absolute Gasteiger partial charge is 0.372 e. The molecular weight excluding hydrogens is 244 g/mol. The van der Waals surface area contributed by atoms with E-state index in [4.69, 9.17) is 5.73 Å². The molecule has 2 N–H and O–H groups in total. The number of piperidine rings is 1. The first-order valence-corrected chi connectivity index (χ1v) is 8.19. The first kappa shape index (κ1) is 15.4. The Hall–Kier alpha value is -1.02. The predicted octanol–water partition coefficient (Wildman–Crippen LogP) is 3.84. The molecule has 1 saturated heterocycles. The molecule has 1 unspecified atom stereocenters. The molecular formula is C18H30N2. The van der Waals surface area contributed by atoms with E-state index in [1.807, 2.05) is 0 Å². The van der Waals surface area contributed by atoms with Crippen LogP contribution in [-0.4, -0.2) is 19.1 Å². The van der Waals surface area contributed by atoms with E-state index >= 15 is 0 Å². The Morgan fingerprint density at radius 2 is 1.75 bits per heavy atom. The fourth-order valence-corrected chi connectivity index (χ4v) is 3.11. The second kappa shape index (κ2) is 7.12. The molecule has 0 radical (unpaired) electrons. The highest BCUT2D eigenvalue weighted by Crippen LogP contribution is 2.28. The lowest BCUT2D eigenvalue weighted by atomic mass is 9.86. The van der Waals surface area contributed by atoms with Gasteiger partial charge in [-0.1, -0.05) is 32.9 Å². The molecule has 2 rings (SSSR count). The Balaban J connectivity index is 1.91. The molecule has 0 aliphatic carbocycles. The number of benzene rings is 1. The van der Waals surface area contributed by atoms with Crippen molar-refractivity contribution in [2.24, 2.45) is 17.6 Å². The predicted molar refractivity (Wildman–Crippen MR) is 88.2 cm³/mol. The van der Waals surface area contributed by atoms with Crippen molar-refractivity contribution in [3.8, 4) is 0 Å². The molecule has 0 saturated carbocycles. The standard InChI is InChI=1S/C18H30N2/c1-4-17(19)13-15-5-7-18(8-6-15)20-11-9-16(10-12-20)14(2)3/h5-8,14,16-17H,4,9-13,19H2,1-3H3. The molecule has 1 aliphatic heterocycles. The van der Waals surface area contributed by atoms with Gasteiger partial charge in [-0.3, -0.25) is 0 Å². The van der Waals surface area contributed by atoms with E-state index in [9.17, 15) is 0 Å². The molecule has 1 aromatic carbocycles. The van der Waals surface area contributed by atoms with Gasteiger partial charge in [-0.15, -0.1) is 0 Å². The van der Waals surface area contributed by atoms with Crippen molar-refractivity contribution < 1.29 is 0 Å². The smallest absolute Gasteiger partial charge is 0.0366 e. The highest BCUT2D eigenvalue weighted by molar-refractivity contribution is 5.48. The van der Waals surface area contributed by atoms with Crippen LogP contribution >= 0.6 is 0 Å². The summed E-state index contributed by atoms with van der Waals surface area (Å²) in [6.07, 6.45) is 4.71. The normalized spacial score (nSPS) is 18.6. The molecule has 0 aromatic heterocycles. The fourth-order valence-electron chi connectivity index (χ4n) is 3.11. The zero-order valence-corrected chi connectivity index (χ0v) is 13.3. The van der Waals surface area contributed by atoms with Crippen LogP contribution in [0, 0.1) is 11.8 Å². The third kappa shape index (κ3) is 3.99. The van der Waals surface area contributed by atoms with Crippen molar-refractivity contribution in [2.45, 2.75) is 52.5 Å². The average Bonchev–Trinajstić information content (AvgIpc) is 2.48. The summed E-state index contributed by atoms with van der Waals surface area (Å²) in [5.74, 6) is 1.74. The van der Waals surface area contributed by atoms with E-state index in [0.29, 0.717) is 6.04 Å². The van der Waals surface area contributed by atoms with Gasteiger partial charge in [-0.2, -0.15) is 0 Å². The number of nitrogens with zero attached hydrogens (tertiary/aromatic N) is 1. The number of nitrogens with two attached hydrogens (primary N) is 1. The maximum Gasteiger partial charge on any atom is 0.0366 e. The summed E-state index contributed by atoms with van der Waals surface area (Å²) in [7, 11) is 0. The van der Waals surface area contributed by atoms with Gasteiger partial charge in [-0.25, -0.2) is 0 Å². The van der Waals surface area contributed by atoms with Crippen molar-refractivity contribution >= 4 is 5.69 Å². The molecule has 112 valence electrons. The van der Waals surface area contributed by atoms with E-state index in [-0.39, 0.29) is 0 Å². The monoisotopic (exact) mass is 274 g/mol. The minimum Gasteiger partial charge on any atom is -0.372 e. The molecule has 20 heavy (non-hydrogen) atoms. The number of anilines is 1. The second-order valence-corrected chi connectivity index (χ2v) is 6.61. The van der Waals surface area contributed by atoms with Gasteiger partial charge in [0.2, 0.25) is 0 Å². The van der Waals surface area contributed by atoms with Gasteiger partial charge in [0.15, 0.2) is 0 Å². The minimum atomic E-state index is 0.294. The lowest BCUT2D eigenvalue weighted by Gasteiger charge is -2.35. The Bertz CT molecular complexity index is 388. The Morgan fingerprint density at radius 1 is 1.15 bits per heavy atom. The molecule has 0 amide bonds. The molecule has 1 aromatic rings. The summed E-state index contributed by atoms with van der Waals surface area (Å²) in [6, 6.07) is 9.34. The SMILES string of the molecule is CCC(N)Cc1ccc(N2CCC(C(C)C)CC2)cc1. The van der Waals surface area contributed by atoms with Gasteiger partial charge >= 0.3 is 0 Å². The molecule has 1 aliphatic rings. The van der Waals surface area contributed by atoms with Crippen LogP contribution in [0.25, 0.3) is 0 Å². The van der Waals surface area contributed by atoms with Crippen LogP contribution in [0.4, 0.5) is 5.69 Å². The topological polar surface area (TPSA) is 29.3 Å². The van der Waals surface area contributed by atoms with Crippen molar-refractivity contribution in [3.05, 3.63) is 29.8 Å². The summed E-state index contributed by atoms with van der Waals surface area (Å²) in [5.41, 5.74) is 8.76. The Kier molecular flexibility index (Phi) is 5.47. The first-order chi connectivity index (χ1) is 9.60. The number of hydrogen-bond donors (Lipinski definition) is 1. The van der Waals surface area contributed by atoms with Crippen molar-refractivity contribution in [2.75, 3.05) is 18.0 Å². The lowest BCUT2D eigenvalue weighted by Crippen LogP contribution is -2.35. The van der Waals surface area contributed by atoms with Crippen LogP contribution < -0.4 is 10.6 Å². The van der Waals surface area contributed by atoms with Crippen LogP contribution in [0.1, 0.15) is 45.6 Å². The van der Waals surface area contributed by atoms with E-state index in [2.05, 4.69) is 49.9 Å². The second-order valence-electron chi connectivity index (χ2n) is 6.61. The Morgan fingerprint density at radius 3 is 2.25 bits per heavy atom. The zero-order chi connectivity index (χ0) is 14.5. The van der Waals surface area contributed by atoms with Gasteiger partial charge in [0.1, 0.15) is 0 Å². The fraction of sp³-hybridized carbons (Fsp3) is 0.667. The number of rotatable bonds is 5. The lowest BCUT2D eigenvalue weighted by molar-refractivity contribution is 0.311. The summed E-state index contributed by atoms with van der Waals surface area (Å²) < 4.78 is 0. The van der Waals surface area contributed by atoms with Crippen LogP contribution in [0.3, 0.4) is 0 Å². The molecule has 0 spiro atoms. The van der Waals surface area contributed by atoms with Crippen LogP contribution in [0.2, 0.25) is 0 Å². The molecule has 2 nitrogen and oxygen atoms in total. The highest BCUT2D eigenvalue weighted by Gasteiger charge is 2.21. The van der Waals surface area contributed by atoms with Gasteiger partial charge in [0, 0.05) is 24.8 Å². The van der Waals surface area contributed by atoms with Crippen molar-refractivity contribution in [1.82, 2.24) is 0 Å². The van der Waals surface area contributed by atoms with Gasteiger partial charge < -0.3 is 10.6 Å². The molecule has 1 fully saturated rings. The molecule has 2 heteroatoms. The third-order valence-corrected chi connectivity index (χ3v) is 4.81. The summed E-state index contributed by atoms with van der Waals surface area (Å²) in [4.78, 5) is 2.53. The van der Waals surface area contributed by atoms with E-state index in [1.165, 1.54) is 37.2 Å². The van der Waals surface area contributed by atoms with Crippen molar-refractivity contribution in [1.29, 1.82) is 0 Å². The Labute approximate surface area is 124 Å². The maximum atomic E-state index is 6.02. The van der Waals surface area contributed by atoms with Gasteiger partial charge in [0.05, 0.1) is 0 Å². The van der Waals surface area contributed by atoms with Crippen LogP contribution in [-0.2, 0) is 6.42 Å². The average molecular weight is 274 g/mol. The summed E-state index contributed by atoms with van der Waals surface area (Å²) >= 11 is 0. The maximum absolute atomic E-state index is 6.02. The molecule has 0 bridgehead atoms. The molecule has 1 heterocycles. The van der Waals surface area contributed by atoms with Crippen molar-refractivity contribution in [3.63, 3.8) is 0 Å².